The molecular formula is C12H20N2O3S2. The number of hydrogen-bond donors (Lipinski definition) is 1. The lowest BCUT2D eigenvalue weighted by atomic mass is 10.2. The number of nitrogens with two attached hydrogens (primary N) is 1. The van der Waals surface area contributed by atoms with Crippen LogP contribution < -0.4 is 5.73 Å². The average molecular weight is 304 g/mol. The Morgan fingerprint density at radius 2 is 2.32 bits per heavy atom. The molecule has 1 atom stereocenters. The van der Waals surface area contributed by atoms with Crippen LogP contribution in [0.5, 0.6) is 0 Å². The number of nitrogens with zero attached hydrogens (tertiary/aromatic N) is 1. The summed E-state index contributed by atoms with van der Waals surface area (Å²) in [6.07, 6.45) is 2.69. The number of thiophene rings is 1. The van der Waals surface area contributed by atoms with E-state index in [9.17, 15) is 8.42 Å². The van der Waals surface area contributed by atoms with Crippen molar-refractivity contribution in [1.29, 1.82) is 0 Å². The molecule has 1 saturated heterocycles. The van der Waals surface area contributed by atoms with Crippen molar-refractivity contribution in [3.63, 3.8) is 0 Å². The first-order valence-corrected chi connectivity index (χ1v) is 8.66. The third kappa shape index (κ3) is 3.55. The first-order valence-electron chi connectivity index (χ1n) is 6.41. The lowest BCUT2D eigenvalue weighted by molar-refractivity contribution is 0.0979. The van der Waals surface area contributed by atoms with Crippen molar-refractivity contribution in [3.05, 3.63) is 17.0 Å². The van der Waals surface area contributed by atoms with Crippen LogP contribution >= 0.6 is 11.3 Å². The Hall–Kier alpha value is -0.470. The van der Waals surface area contributed by atoms with Crippen molar-refractivity contribution in [3.8, 4) is 0 Å². The average Bonchev–Trinajstić information content (AvgIpc) is 3.00. The quantitative estimate of drug-likeness (QED) is 0.852. The van der Waals surface area contributed by atoms with Gasteiger partial charge in [-0.25, -0.2) is 8.42 Å². The smallest absolute Gasteiger partial charge is 0.252 e. The van der Waals surface area contributed by atoms with E-state index in [-0.39, 0.29) is 6.10 Å². The molecule has 108 valence electrons. The Morgan fingerprint density at radius 1 is 1.53 bits per heavy atom. The van der Waals surface area contributed by atoms with Gasteiger partial charge in [-0.1, -0.05) is 0 Å². The Labute approximate surface area is 118 Å². The van der Waals surface area contributed by atoms with Crippen molar-refractivity contribution in [2.75, 3.05) is 26.7 Å². The molecule has 0 radical (unpaired) electrons. The van der Waals surface area contributed by atoms with Gasteiger partial charge >= 0.3 is 0 Å². The first kappa shape index (κ1) is 14.9. The fraction of sp³-hybridized carbons (Fsp3) is 0.667. The molecule has 1 aromatic heterocycles. The molecule has 0 aromatic carbocycles. The summed E-state index contributed by atoms with van der Waals surface area (Å²) in [5.74, 6) is 0. The summed E-state index contributed by atoms with van der Waals surface area (Å²) in [5.41, 5.74) is 5.48. The zero-order valence-corrected chi connectivity index (χ0v) is 12.7. The Bertz CT molecular complexity index is 507. The highest BCUT2D eigenvalue weighted by atomic mass is 32.2. The van der Waals surface area contributed by atoms with Gasteiger partial charge < -0.3 is 10.5 Å². The molecule has 0 bridgehead atoms. The van der Waals surface area contributed by atoms with Crippen LogP contribution in [-0.2, 0) is 21.2 Å². The van der Waals surface area contributed by atoms with Gasteiger partial charge in [0.2, 0.25) is 0 Å². The molecule has 19 heavy (non-hydrogen) atoms. The number of sulfonamides is 1. The topological polar surface area (TPSA) is 72.6 Å². The van der Waals surface area contributed by atoms with E-state index in [0.717, 1.165) is 30.7 Å². The van der Waals surface area contributed by atoms with Gasteiger partial charge in [-0.05, 0) is 37.9 Å². The minimum absolute atomic E-state index is 0.0308. The molecule has 1 fully saturated rings. The summed E-state index contributed by atoms with van der Waals surface area (Å²) in [7, 11) is -1.78. The van der Waals surface area contributed by atoms with Gasteiger partial charge in [0.1, 0.15) is 4.21 Å². The van der Waals surface area contributed by atoms with Crippen LogP contribution in [-0.4, -0.2) is 45.6 Å². The third-order valence-corrected chi connectivity index (χ3v) is 6.61. The van der Waals surface area contributed by atoms with Gasteiger partial charge in [-0.15, -0.1) is 11.3 Å². The van der Waals surface area contributed by atoms with Crippen molar-refractivity contribution in [2.45, 2.75) is 29.6 Å². The monoisotopic (exact) mass is 304 g/mol. The van der Waals surface area contributed by atoms with Crippen LogP contribution in [0.1, 0.15) is 17.7 Å². The van der Waals surface area contributed by atoms with Crippen LogP contribution in [0.2, 0.25) is 0 Å². The summed E-state index contributed by atoms with van der Waals surface area (Å²) in [6.45, 7) is 1.69. The Morgan fingerprint density at radius 3 is 2.95 bits per heavy atom. The van der Waals surface area contributed by atoms with Crippen LogP contribution in [0.3, 0.4) is 0 Å². The Kier molecular flexibility index (Phi) is 4.97. The lowest BCUT2D eigenvalue weighted by Gasteiger charge is -2.19. The zero-order chi connectivity index (χ0) is 13.9. The highest BCUT2D eigenvalue weighted by molar-refractivity contribution is 7.91. The maximum absolute atomic E-state index is 12.4. The summed E-state index contributed by atoms with van der Waals surface area (Å²) in [6, 6.07) is 3.50. The van der Waals surface area contributed by atoms with E-state index < -0.39 is 10.0 Å². The second-order valence-electron chi connectivity index (χ2n) is 4.68. The van der Waals surface area contributed by atoms with Gasteiger partial charge in [-0.3, -0.25) is 0 Å². The summed E-state index contributed by atoms with van der Waals surface area (Å²) in [5, 5.41) is 0. The van der Waals surface area contributed by atoms with Crippen molar-refractivity contribution >= 4 is 21.4 Å². The van der Waals surface area contributed by atoms with E-state index in [2.05, 4.69) is 0 Å². The van der Waals surface area contributed by atoms with E-state index >= 15 is 0 Å². The second-order valence-corrected chi connectivity index (χ2v) is 8.12. The molecule has 1 unspecified atom stereocenters. The molecule has 0 amide bonds. The second kappa shape index (κ2) is 6.32. The van der Waals surface area contributed by atoms with Crippen molar-refractivity contribution < 1.29 is 13.2 Å². The van der Waals surface area contributed by atoms with Gasteiger partial charge in [0.15, 0.2) is 0 Å². The molecule has 2 heterocycles. The first-order chi connectivity index (χ1) is 9.04. The summed E-state index contributed by atoms with van der Waals surface area (Å²) < 4.78 is 32.0. The maximum atomic E-state index is 12.4. The molecule has 5 nitrogen and oxygen atoms in total. The van der Waals surface area contributed by atoms with Gasteiger partial charge in [-0.2, -0.15) is 4.31 Å². The molecule has 2 N–H and O–H groups in total. The van der Waals surface area contributed by atoms with Crippen molar-refractivity contribution in [1.82, 2.24) is 4.31 Å². The summed E-state index contributed by atoms with van der Waals surface area (Å²) in [4.78, 5) is 1.01. The zero-order valence-electron chi connectivity index (χ0n) is 11.0. The predicted molar refractivity (Wildman–Crippen MR) is 75.9 cm³/mol. The molecule has 0 saturated carbocycles. The molecule has 7 heteroatoms. The number of rotatable bonds is 6. The number of likely N-dealkylation sites (N-methyl/N-ethyl adjacent to an activating group) is 1. The number of hydrogen-bond acceptors (Lipinski definition) is 5. The summed E-state index contributed by atoms with van der Waals surface area (Å²) >= 11 is 1.30. The standard InChI is InChI=1S/C12H20N2O3S2/c1-14(9-10-3-2-8-17-10)19(15,16)12-5-4-11(18-12)6-7-13/h4-5,10H,2-3,6-9,13H2,1H3. The Balaban J connectivity index is 2.06. The molecule has 1 aromatic rings. The minimum atomic E-state index is -3.39. The predicted octanol–water partition coefficient (Wildman–Crippen LogP) is 1.05. The van der Waals surface area contributed by atoms with Crippen LogP contribution in [0.4, 0.5) is 0 Å². The normalized spacial score (nSPS) is 20.3. The molecule has 1 aliphatic heterocycles. The molecule has 0 spiro atoms. The maximum Gasteiger partial charge on any atom is 0.252 e. The van der Waals surface area contributed by atoms with E-state index in [0.29, 0.717) is 17.3 Å². The van der Waals surface area contributed by atoms with Crippen molar-refractivity contribution in [2.24, 2.45) is 5.73 Å². The van der Waals surface area contributed by atoms with Gasteiger partial charge in [0.05, 0.1) is 6.10 Å². The SMILES string of the molecule is CN(CC1CCCO1)S(=O)(=O)c1ccc(CCN)s1. The molecule has 0 aliphatic carbocycles. The number of ether oxygens (including phenoxy) is 1. The molecule has 1 aliphatic rings. The van der Waals surface area contributed by atoms with Gasteiger partial charge in [0.25, 0.3) is 10.0 Å². The van der Waals surface area contributed by atoms with Gasteiger partial charge in [0, 0.05) is 25.1 Å². The van der Waals surface area contributed by atoms with E-state index in [1.807, 2.05) is 6.07 Å². The fourth-order valence-corrected chi connectivity index (χ4v) is 4.88. The highest BCUT2D eigenvalue weighted by Crippen LogP contribution is 2.25. The third-order valence-electron chi connectivity index (χ3n) is 3.18. The highest BCUT2D eigenvalue weighted by Gasteiger charge is 2.27. The van der Waals surface area contributed by atoms with Crippen LogP contribution in [0.15, 0.2) is 16.3 Å². The van der Waals surface area contributed by atoms with Crippen LogP contribution in [0.25, 0.3) is 0 Å². The lowest BCUT2D eigenvalue weighted by Crippen LogP contribution is -2.33. The molecule has 2 rings (SSSR count). The fourth-order valence-electron chi connectivity index (χ4n) is 2.10. The molecular weight excluding hydrogens is 284 g/mol. The largest absolute Gasteiger partial charge is 0.377 e. The minimum Gasteiger partial charge on any atom is -0.377 e. The van der Waals surface area contributed by atoms with E-state index in [1.165, 1.54) is 15.6 Å². The van der Waals surface area contributed by atoms with Crippen LogP contribution in [0, 0.1) is 0 Å². The van der Waals surface area contributed by atoms with E-state index in [1.54, 1.807) is 13.1 Å². The van der Waals surface area contributed by atoms with E-state index in [4.69, 9.17) is 10.5 Å².